The maximum Gasteiger partial charge on any atom is 0.225 e. The van der Waals surface area contributed by atoms with E-state index in [1.54, 1.807) is 12.1 Å². The van der Waals surface area contributed by atoms with Crippen molar-refractivity contribution in [3.05, 3.63) is 35.4 Å². The van der Waals surface area contributed by atoms with Crippen LogP contribution in [-0.2, 0) is 4.79 Å². The van der Waals surface area contributed by atoms with Crippen molar-refractivity contribution < 1.29 is 4.79 Å². The summed E-state index contributed by atoms with van der Waals surface area (Å²) in [5.41, 5.74) is 7.22. The van der Waals surface area contributed by atoms with E-state index in [1.807, 2.05) is 32.9 Å². The van der Waals surface area contributed by atoms with Crippen molar-refractivity contribution >= 4 is 5.91 Å². The van der Waals surface area contributed by atoms with Crippen molar-refractivity contribution in [1.82, 2.24) is 5.32 Å². The third-order valence-electron chi connectivity index (χ3n) is 3.29. The topological polar surface area (TPSA) is 78.9 Å². The molecule has 0 spiro atoms. The number of benzene rings is 1. The number of rotatable bonds is 5. The number of hydrogen-bond donors (Lipinski definition) is 2. The largest absolute Gasteiger partial charge is 0.349 e. The highest BCUT2D eigenvalue weighted by Crippen LogP contribution is 2.16. The first-order valence-corrected chi connectivity index (χ1v) is 6.50. The molecule has 0 aliphatic heterocycles. The maximum absolute atomic E-state index is 12.1. The summed E-state index contributed by atoms with van der Waals surface area (Å²) in [4.78, 5) is 12.1. The molecule has 1 amide bonds. The Kier molecular flexibility index (Phi) is 5.53. The minimum Gasteiger partial charge on any atom is -0.349 e. The van der Waals surface area contributed by atoms with Gasteiger partial charge in [-0.1, -0.05) is 26.0 Å². The Morgan fingerprint density at radius 3 is 2.32 bits per heavy atom. The molecule has 3 N–H and O–H groups in total. The van der Waals surface area contributed by atoms with Crippen LogP contribution in [0.5, 0.6) is 0 Å². The first kappa shape index (κ1) is 15.2. The summed E-state index contributed by atoms with van der Waals surface area (Å²) in [6.45, 7) is 6.25. The molecule has 0 aliphatic rings. The van der Waals surface area contributed by atoms with Crippen LogP contribution in [0.2, 0.25) is 0 Å². The number of nitriles is 1. The third kappa shape index (κ3) is 4.08. The molecule has 0 fully saturated rings. The lowest BCUT2D eigenvalue weighted by Crippen LogP contribution is -2.39. The molecule has 2 atom stereocenters. The molecule has 0 aliphatic carbocycles. The monoisotopic (exact) mass is 259 g/mol. The van der Waals surface area contributed by atoms with Gasteiger partial charge in [-0.15, -0.1) is 0 Å². The SMILES string of the molecule is CC(NC(=O)C(CN)C(C)C)c1ccc(C#N)cc1. The zero-order valence-corrected chi connectivity index (χ0v) is 11.7. The molecule has 1 aromatic carbocycles. The number of nitrogens with two attached hydrogens (primary N) is 1. The molecule has 4 heteroatoms. The van der Waals surface area contributed by atoms with Crippen molar-refractivity contribution in [2.24, 2.45) is 17.6 Å². The van der Waals surface area contributed by atoms with Crippen LogP contribution in [0.3, 0.4) is 0 Å². The van der Waals surface area contributed by atoms with Crippen molar-refractivity contribution in [2.75, 3.05) is 6.54 Å². The smallest absolute Gasteiger partial charge is 0.225 e. The molecule has 0 radical (unpaired) electrons. The Morgan fingerprint density at radius 1 is 1.32 bits per heavy atom. The van der Waals surface area contributed by atoms with E-state index in [-0.39, 0.29) is 23.8 Å². The summed E-state index contributed by atoms with van der Waals surface area (Å²) < 4.78 is 0. The van der Waals surface area contributed by atoms with Crippen LogP contribution in [0.15, 0.2) is 24.3 Å². The quantitative estimate of drug-likeness (QED) is 0.848. The summed E-state index contributed by atoms with van der Waals surface area (Å²) in [6, 6.07) is 9.20. The number of carbonyl (C=O) groups excluding carboxylic acids is 1. The number of nitrogens with zero attached hydrogens (tertiary/aromatic N) is 1. The van der Waals surface area contributed by atoms with Gasteiger partial charge in [-0.25, -0.2) is 0 Å². The van der Waals surface area contributed by atoms with Gasteiger partial charge < -0.3 is 11.1 Å². The highest BCUT2D eigenvalue weighted by atomic mass is 16.2. The molecule has 1 aromatic rings. The van der Waals surface area contributed by atoms with Crippen LogP contribution in [0, 0.1) is 23.2 Å². The zero-order valence-electron chi connectivity index (χ0n) is 11.7. The number of hydrogen-bond acceptors (Lipinski definition) is 3. The fraction of sp³-hybridized carbons (Fsp3) is 0.467. The molecular weight excluding hydrogens is 238 g/mol. The van der Waals surface area contributed by atoms with Gasteiger partial charge in [-0.3, -0.25) is 4.79 Å². The summed E-state index contributed by atoms with van der Waals surface area (Å²) in [5, 5.41) is 11.7. The maximum atomic E-state index is 12.1. The molecule has 0 bridgehead atoms. The van der Waals surface area contributed by atoms with Crippen LogP contribution in [-0.4, -0.2) is 12.5 Å². The minimum atomic E-state index is -0.166. The van der Waals surface area contributed by atoms with Crippen molar-refractivity contribution in [1.29, 1.82) is 5.26 Å². The number of amides is 1. The second kappa shape index (κ2) is 6.91. The Bertz CT molecular complexity index is 459. The molecule has 19 heavy (non-hydrogen) atoms. The van der Waals surface area contributed by atoms with Crippen LogP contribution in [0.25, 0.3) is 0 Å². The van der Waals surface area contributed by atoms with Crippen LogP contribution in [0.4, 0.5) is 0 Å². The molecule has 2 unspecified atom stereocenters. The first-order valence-electron chi connectivity index (χ1n) is 6.50. The molecule has 102 valence electrons. The molecule has 4 nitrogen and oxygen atoms in total. The fourth-order valence-electron chi connectivity index (χ4n) is 1.93. The number of nitrogens with one attached hydrogen (secondary N) is 1. The normalized spacial score (nSPS) is 13.7. The average Bonchev–Trinajstić information content (AvgIpc) is 2.39. The molecule has 0 heterocycles. The van der Waals surface area contributed by atoms with E-state index in [4.69, 9.17) is 11.0 Å². The van der Waals surface area contributed by atoms with Crippen molar-refractivity contribution in [3.63, 3.8) is 0 Å². The van der Waals surface area contributed by atoms with Crippen LogP contribution in [0.1, 0.15) is 37.9 Å². The van der Waals surface area contributed by atoms with E-state index in [9.17, 15) is 4.79 Å². The summed E-state index contributed by atoms with van der Waals surface area (Å²) in [5.74, 6) is 0.0355. The summed E-state index contributed by atoms with van der Waals surface area (Å²) in [6.07, 6.45) is 0. The van der Waals surface area contributed by atoms with Crippen molar-refractivity contribution in [2.45, 2.75) is 26.8 Å². The van der Waals surface area contributed by atoms with Gasteiger partial charge in [0.2, 0.25) is 5.91 Å². The lowest BCUT2D eigenvalue weighted by atomic mass is 9.94. The Morgan fingerprint density at radius 2 is 1.89 bits per heavy atom. The number of carbonyl (C=O) groups is 1. The predicted octanol–water partition coefficient (Wildman–Crippen LogP) is 1.97. The Hall–Kier alpha value is -1.86. The van der Waals surface area contributed by atoms with E-state index in [0.717, 1.165) is 5.56 Å². The van der Waals surface area contributed by atoms with Gasteiger partial charge in [0.25, 0.3) is 0 Å². The highest BCUT2D eigenvalue weighted by molar-refractivity contribution is 5.79. The van der Waals surface area contributed by atoms with Gasteiger partial charge >= 0.3 is 0 Å². The molecular formula is C15H21N3O. The van der Waals surface area contributed by atoms with E-state index >= 15 is 0 Å². The van der Waals surface area contributed by atoms with Gasteiger partial charge in [0, 0.05) is 6.54 Å². The van der Waals surface area contributed by atoms with E-state index < -0.39 is 0 Å². The lowest BCUT2D eigenvalue weighted by molar-refractivity contribution is -0.126. The van der Waals surface area contributed by atoms with Crippen LogP contribution < -0.4 is 11.1 Å². The third-order valence-corrected chi connectivity index (χ3v) is 3.29. The minimum absolute atomic E-state index is 0.0191. The second-order valence-electron chi connectivity index (χ2n) is 5.05. The van der Waals surface area contributed by atoms with E-state index in [2.05, 4.69) is 11.4 Å². The second-order valence-corrected chi connectivity index (χ2v) is 5.05. The standard InChI is InChI=1S/C15H21N3O/c1-10(2)14(9-17)15(19)18-11(3)13-6-4-12(8-16)5-7-13/h4-7,10-11,14H,9,17H2,1-3H3,(H,18,19). The van der Waals surface area contributed by atoms with E-state index in [1.165, 1.54) is 0 Å². The van der Waals surface area contributed by atoms with Gasteiger partial charge in [0.05, 0.1) is 23.6 Å². The molecule has 0 aromatic heterocycles. The van der Waals surface area contributed by atoms with Gasteiger partial charge in [-0.05, 0) is 30.5 Å². The summed E-state index contributed by atoms with van der Waals surface area (Å²) in [7, 11) is 0. The van der Waals surface area contributed by atoms with Gasteiger partial charge in [0.15, 0.2) is 0 Å². The molecule has 0 saturated heterocycles. The highest BCUT2D eigenvalue weighted by Gasteiger charge is 2.22. The molecule has 1 rings (SSSR count). The van der Waals surface area contributed by atoms with Crippen molar-refractivity contribution in [3.8, 4) is 6.07 Å². The zero-order chi connectivity index (χ0) is 14.4. The first-order chi connectivity index (χ1) is 8.99. The molecule has 0 saturated carbocycles. The predicted molar refractivity (Wildman–Crippen MR) is 75.1 cm³/mol. The summed E-state index contributed by atoms with van der Waals surface area (Å²) >= 11 is 0. The van der Waals surface area contributed by atoms with E-state index in [0.29, 0.717) is 12.1 Å². The van der Waals surface area contributed by atoms with Crippen LogP contribution >= 0.6 is 0 Å². The van der Waals surface area contributed by atoms with Gasteiger partial charge in [0.1, 0.15) is 0 Å². The Balaban J connectivity index is 2.70. The Labute approximate surface area is 114 Å². The average molecular weight is 259 g/mol. The fourth-order valence-corrected chi connectivity index (χ4v) is 1.93. The van der Waals surface area contributed by atoms with Gasteiger partial charge in [-0.2, -0.15) is 5.26 Å². The lowest BCUT2D eigenvalue weighted by Gasteiger charge is -2.22.